The normalized spacial score (nSPS) is 11.8. The highest BCUT2D eigenvalue weighted by Crippen LogP contribution is 2.29. The number of amides is 2. The molecular weight excluding hydrogens is 295 g/mol. The molecule has 1 rings (SSSR count). The van der Waals surface area contributed by atoms with Crippen molar-refractivity contribution in [3.05, 3.63) is 24.0 Å². The van der Waals surface area contributed by atoms with Crippen LogP contribution in [0, 0.1) is 11.7 Å². The quantitative estimate of drug-likeness (QED) is 0.792. The van der Waals surface area contributed by atoms with Crippen molar-refractivity contribution in [3.63, 3.8) is 0 Å². The lowest BCUT2D eigenvalue weighted by molar-refractivity contribution is -0.141. The van der Waals surface area contributed by atoms with E-state index in [2.05, 4.69) is 5.32 Å². The van der Waals surface area contributed by atoms with E-state index in [-0.39, 0.29) is 12.2 Å². The van der Waals surface area contributed by atoms with Gasteiger partial charge < -0.3 is 15.3 Å². The molecule has 7 heteroatoms. The Morgan fingerprint density at radius 3 is 2.71 bits per heavy atom. The SMILES string of the molecule is CCSc1cccc(F)c1NC(=O)N(C)CC(C)C(=O)O. The number of halogens is 1. The van der Waals surface area contributed by atoms with Crippen molar-refractivity contribution in [2.75, 3.05) is 24.7 Å². The molecule has 2 N–H and O–H groups in total. The van der Waals surface area contributed by atoms with E-state index >= 15 is 0 Å². The number of urea groups is 1. The number of aliphatic carboxylic acids is 1. The largest absolute Gasteiger partial charge is 0.481 e. The number of nitrogens with zero attached hydrogens (tertiary/aromatic N) is 1. The van der Waals surface area contributed by atoms with Crippen molar-refractivity contribution < 1.29 is 19.1 Å². The molecule has 0 bridgehead atoms. The lowest BCUT2D eigenvalue weighted by Gasteiger charge is -2.21. The summed E-state index contributed by atoms with van der Waals surface area (Å²) < 4.78 is 13.8. The van der Waals surface area contributed by atoms with Gasteiger partial charge in [0.1, 0.15) is 5.82 Å². The number of carboxylic acid groups (broad SMARTS) is 1. The Labute approximate surface area is 127 Å². The van der Waals surface area contributed by atoms with Crippen LogP contribution in [0.15, 0.2) is 23.1 Å². The molecule has 1 aromatic carbocycles. The Hall–Kier alpha value is -1.76. The summed E-state index contributed by atoms with van der Waals surface area (Å²) in [6.07, 6.45) is 0. The highest BCUT2D eigenvalue weighted by molar-refractivity contribution is 7.99. The topological polar surface area (TPSA) is 69.6 Å². The van der Waals surface area contributed by atoms with Crippen LogP contribution in [0.2, 0.25) is 0 Å². The number of anilines is 1. The van der Waals surface area contributed by atoms with Crippen LogP contribution in [-0.2, 0) is 4.79 Å². The minimum atomic E-state index is -0.984. The van der Waals surface area contributed by atoms with Gasteiger partial charge in [0.2, 0.25) is 0 Å². The van der Waals surface area contributed by atoms with Gasteiger partial charge in [0.15, 0.2) is 0 Å². The molecule has 1 atom stereocenters. The smallest absolute Gasteiger partial charge is 0.321 e. The second-order valence-corrected chi connectivity index (χ2v) is 5.90. The Kier molecular flexibility index (Phi) is 6.48. The van der Waals surface area contributed by atoms with Crippen molar-refractivity contribution in [3.8, 4) is 0 Å². The maximum atomic E-state index is 13.8. The number of nitrogens with one attached hydrogen (secondary N) is 1. The molecule has 0 aromatic heterocycles. The van der Waals surface area contributed by atoms with Crippen molar-refractivity contribution in [1.82, 2.24) is 4.90 Å². The average Bonchev–Trinajstić information content (AvgIpc) is 2.42. The van der Waals surface area contributed by atoms with Crippen LogP contribution in [0.5, 0.6) is 0 Å². The Morgan fingerprint density at radius 2 is 2.14 bits per heavy atom. The van der Waals surface area contributed by atoms with E-state index < -0.39 is 23.7 Å². The minimum Gasteiger partial charge on any atom is -0.481 e. The molecule has 1 aromatic rings. The molecule has 0 saturated heterocycles. The number of carboxylic acids is 1. The molecule has 0 aliphatic carbocycles. The van der Waals surface area contributed by atoms with Crippen LogP contribution in [0.25, 0.3) is 0 Å². The van der Waals surface area contributed by atoms with Gasteiger partial charge in [0.05, 0.1) is 11.6 Å². The summed E-state index contributed by atoms with van der Waals surface area (Å²) >= 11 is 1.42. The molecule has 0 fully saturated rings. The summed E-state index contributed by atoms with van der Waals surface area (Å²) in [5.74, 6) is -1.44. The summed E-state index contributed by atoms with van der Waals surface area (Å²) in [6, 6.07) is 4.05. The zero-order valence-electron chi connectivity index (χ0n) is 12.2. The molecular formula is C14H19FN2O3S. The van der Waals surface area contributed by atoms with E-state index in [9.17, 15) is 14.0 Å². The van der Waals surface area contributed by atoms with E-state index in [1.54, 1.807) is 12.1 Å². The predicted octanol–water partition coefficient (Wildman–Crippen LogP) is 3.12. The third-order valence-electron chi connectivity index (χ3n) is 2.82. The number of hydrogen-bond donors (Lipinski definition) is 2. The zero-order valence-corrected chi connectivity index (χ0v) is 13.0. The third-order valence-corrected chi connectivity index (χ3v) is 3.76. The molecule has 21 heavy (non-hydrogen) atoms. The average molecular weight is 314 g/mol. The molecule has 5 nitrogen and oxygen atoms in total. The number of carbonyl (C=O) groups is 2. The fraction of sp³-hybridized carbons (Fsp3) is 0.429. The van der Waals surface area contributed by atoms with Gasteiger partial charge in [-0.1, -0.05) is 19.9 Å². The van der Waals surface area contributed by atoms with Crippen molar-refractivity contribution in [1.29, 1.82) is 0 Å². The van der Waals surface area contributed by atoms with Crippen molar-refractivity contribution in [2.24, 2.45) is 5.92 Å². The summed E-state index contributed by atoms with van der Waals surface area (Å²) in [6.45, 7) is 3.49. The molecule has 0 aliphatic heterocycles. The number of hydrogen-bond acceptors (Lipinski definition) is 3. The minimum absolute atomic E-state index is 0.0475. The van der Waals surface area contributed by atoms with Gasteiger partial charge in [-0.2, -0.15) is 0 Å². The lowest BCUT2D eigenvalue weighted by atomic mass is 10.2. The van der Waals surface area contributed by atoms with Crippen molar-refractivity contribution in [2.45, 2.75) is 18.7 Å². The molecule has 0 heterocycles. The first-order valence-corrected chi connectivity index (χ1v) is 7.51. The molecule has 116 valence electrons. The molecule has 0 spiro atoms. The first kappa shape index (κ1) is 17.3. The molecule has 0 saturated carbocycles. The number of rotatable bonds is 6. The number of thioether (sulfide) groups is 1. The summed E-state index contributed by atoms with van der Waals surface area (Å²) in [7, 11) is 1.47. The highest BCUT2D eigenvalue weighted by Gasteiger charge is 2.19. The number of carbonyl (C=O) groups excluding carboxylic acids is 1. The first-order chi connectivity index (χ1) is 9.86. The highest BCUT2D eigenvalue weighted by atomic mass is 32.2. The van der Waals surface area contributed by atoms with Gasteiger partial charge in [-0.25, -0.2) is 9.18 Å². The Bertz CT molecular complexity index is 525. The predicted molar refractivity (Wildman–Crippen MR) is 81.2 cm³/mol. The third kappa shape index (κ3) is 4.93. The second-order valence-electron chi connectivity index (χ2n) is 4.60. The van der Waals surface area contributed by atoms with Crippen LogP contribution < -0.4 is 5.32 Å². The van der Waals surface area contributed by atoms with Crippen molar-refractivity contribution >= 4 is 29.4 Å². The van der Waals surface area contributed by atoms with E-state index in [1.165, 1.54) is 36.7 Å². The van der Waals surface area contributed by atoms with Gasteiger partial charge in [-0.05, 0) is 17.9 Å². The fourth-order valence-electron chi connectivity index (χ4n) is 1.68. The van der Waals surface area contributed by atoms with Gasteiger partial charge in [0, 0.05) is 18.5 Å². The van der Waals surface area contributed by atoms with Crippen LogP contribution in [0.1, 0.15) is 13.8 Å². The Morgan fingerprint density at radius 1 is 1.48 bits per heavy atom. The maximum Gasteiger partial charge on any atom is 0.321 e. The van der Waals surface area contributed by atoms with E-state index in [1.807, 2.05) is 6.92 Å². The number of para-hydroxylation sites is 1. The molecule has 0 aliphatic rings. The summed E-state index contributed by atoms with van der Waals surface area (Å²) in [4.78, 5) is 24.7. The van der Waals surface area contributed by atoms with Crippen LogP contribution in [-0.4, -0.2) is 41.4 Å². The van der Waals surface area contributed by atoms with Gasteiger partial charge in [-0.15, -0.1) is 11.8 Å². The van der Waals surface area contributed by atoms with Crippen LogP contribution >= 0.6 is 11.8 Å². The van der Waals surface area contributed by atoms with Gasteiger partial charge >= 0.3 is 12.0 Å². The summed E-state index contributed by atoms with van der Waals surface area (Å²) in [5, 5.41) is 11.3. The molecule has 2 amide bonds. The fourth-order valence-corrected chi connectivity index (χ4v) is 2.45. The van der Waals surface area contributed by atoms with E-state index in [4.69, 9.17) is 5.11 Å². The summed E-state index contributed by atoms with van der Waals surface area (Å²) in [5.41, 5.74) is 0.129. The van der Waals surface area contributed by atoms with E-state index in [0.717, 1.165) is 5.75 Å². The standard InChI is InChI=1S/C14H19FN2O3S/c1-4-21-11-7-5-6-10(15)12(11)16-14(20)17(3)8-9(2)13(18)19/h5-7,9H,4,8H2,1-3H3,(H,16,20)(H,18,19). The molecule has 1 unspecified atom stereocenters. The molecule has 0 radical (unpaired) electrons. The number of benzene rings is 1. The lowest BCUT2D eigenvalue weighted by Crippen LogP contribution is -2.36. The van der Waals surface area contributed by atoms with Crippen LogP contribution in [0.4, 0.5) is 14.9 Å². The monoisotopic (exact) mass is 314 g/mol. The van der Waals surface area contributed by atoms with Crippen LogP contribution in [0.3, 0.4) is 0 Å². The van der Waals surface area contributed by atoms with E-state index in [0.29, 0.717) is 4.90 Å². The van der Waals surface area contributed by atoms with Gasteiger partial charge in [0.25, 0.3) is 0 Å². The maximum absolute atomic E-state index is 13.8. The zero-order chi connectivity index (χ0) is 16.0. The first-order valence-electron chi connectivity index (χ1n) is 6.53. The van der Waals surface area contributed by atoms with Gasteiger partial charge in [-0.3, -0.25) is 4.79 Å². The second kappa shape index (κ2) is 7.87. The Balaban J connectivity index is 2.81.